The van der Waals surface area contributed by atoms with Crippen molar-refractivity contribution >= 4 is 23.4 Å². The van der Waals surface area contributed by atoms with Crippen LogP contribution < -0.4 is 15.4 Å². The Labute approximate surface area is 191 Å². The molecule has 33 heavy (non-hydrogen) atoms. The minimum Gasteiger partial charge on any atom is -0.484 e. The molecule has 0 radical (unpaired) electrons. The van der Waals surface area contributed by atoms with E-state index >= 15 is 0 Å². The number of nitrogens with one attached hydrogen (secondary N) is 2. The van der Waals surface area contributed by atoms with E-state index in [1.54, 1.807) is 48.5 Å². The number of furan rings is 1. The van der Waals surface area contributed by atoms with E-state index < -0.39 is 0 Å². The highest BCUT2D eigenvalue weighted by molar-refractivity contribution is 6.02. The maximum Gasteiger partial charge on any atom is 0.291 e. The molecule has 0 aliphatic carbocycles. The van der Waals surface area contributed by atoms with Crippen LogP contribution in [-0.4, -0.2) is 42.3 Å². The first-order valence-electron chi connectivity index (χ1n) is 10.8. The minimum absolute atomic E-state index is 0.0547. The number of hydrogen-bond acceptors (Lipinski definition) is 5. The van der Waals surface area contributed by atoms with Crippen molar-refractivity contribution in [3.05, 3.63) is 83.8 Å². The van der Waals surface area contributed by atoms with E-state index in [1.807, 2.05) is 17.0 Å². The van der Waals surface area contributed by atoms with E-state index in [-0.39, 0.29) is 30.1 Å². The topological polar surface area (TPSA) is 101 Å². The lowest BCUT2D eigenvalue weighted by Crippen LogP contribution is -2.29. The van der Waals surface area contributed by atoms with Crippen molar-refractivity contribution in [2.75, 3.05) is 25.0 Å². The SMILES string of the molecule is O=C(COc1cccc(NC(=O)c2ccco2)c1)NCc1ccc(C(=O)N2CCCC2)cc1. The van der Waals surface area contributed by atoms with Crippen molar-refractivity contribution in [3.8, 4) is 5.75 Å². The minimum atomic E-state index is -0.372. The monoisotopic (exact) mass is 447 g/mol. The molecule has 2 heterocycles. The van der Waals surface area contributed by atoms with Gasteiger partial charge in [-0.25, -0.2) is 0 Å². The molecule has 0 bridgehead atoms. The lowest BCUT2D eigenvalue weighted by atomic mass is 10.1. The first-order chi connectivity index (χ1) is 16.1. The van der Waals surface area contributed by atoms with Crippen LogP contribution in [0.15, 0.2) is 71.3 Å². The molecule has 3 aromatic rings. The number of likely N-dealkylation sites (tertiary alicyclic amines) is 1. The first kappa shape index (κ1) is 22.1. The van der Waals surface area contributed by atoms with Crippen molar-refractivity contribution in [1.82, 2.24) is 10.2 Å². The van der Waals surface area contributed by atoms with E-state index in [4.69, 9.17) is 9.15 Å². The molecule has 0 saturated carbocycles. The van der Waals surface area contributed by atoms with Gasteiger partial charge in [0.15, 0.2) is 12.4 Å². The summed E-state index contributed by atoms with van der Waals surface area (Å²) in [4.78, 5) is 38.5. The molecule has 2 aromatic carbocycles. The summed E-state index contributed by atoms with van der Waals surface area (Å²) in [5.41, 5.74) is 2.08. The molecule has 4 rings (SSSR count). The molecule has 1 aromatic heterocycles. The fourth-order valence-electron chi connectivity index (χ4n) is 3.53. The lowest BCUT2D eigenvalue weighted by molar-refractivity contribution is -0.123. The molecular formula is C25H25N3O5. The van der Waals surface area contributed by atoms with Crippen LogP contribution in [0, 0.1) is 0 Å². The van der Waals surface area contributed by atoms with Crippen LogP contribution in [0.2, 0.25) is 0 Å². The zero-order valence-electron chi connectivity index (χ0n) is 18.1. The zero-order chi connectivity index (χ0) is 23.0. The molecule has 0 spiro atoms. The molecule has 8 heteroatoms. The summed E-state index contributed by atoms with van der Waals surface area (Å²) in [5.74, 6) is 0.0562. The highest BCUT2D eigenvalue weighted by Crippen LogP contribution is 2.18. The zero-order valence-corrected chi connectivity index (χ0v) is 18.1. The molecule has 2 N–H and O–H groups in total. The van der Waals surface area contributed by atoms with Crippen LogP contribution in [0.3, 0.4) is 0 Å². The third-order valence-electron chi connectivity index (χ3n) is 5.29. The number of benzene rings is 2. The van der Waals surface area contributed by atoms with Gasteiger partial charge in [-0.15, -0.1) is 0 Å². The van der Waals surface area contributed by atoms with Gasteiger partial charge in [-0.05, 0) is 54.8 Å². The molecule has 0 unspecified atom stereocenters. The maximum atomic E-state index is 12.4. The molecule has 170 valence electrons. The molecule has 1 aliphatic rings. The van der Waals surface area contributed by atoms with Crippen LogP contribution in [0.1, 0.15) is 39.3 Å². The van der Waals surface area contributed by atoms with Crippen LogP contribution >= 0.6 is 0 Å². The third kappa shape index (κ3) is 6.00. The Kier molecular flexibility index (Phi) is 7.04. The molecule has 0 atom stereocenters. The number of carbonyl (C=O) groups excluding carboxylic acids is 3. The van der Waals surface area contributed by atoms with E-state index in [0.717, 1.165) is 31.5 Å². The standard InChI is InChI=1S/C25H25N3O5/c29-23(26-16-18-8-10-19(11-9-18)25(31)28-12-1-2-13-28)17-33-21-6-3-5-20(15-21)27-24(30)22-7-4-14-32-22/h3-11,14-15H,1-2,12-13,16-17H2,(H,26,29)(H,27,30). The molecule has 1 saturated heterocycles. The number of rotatable bonds is 8. The predicted octanol–water partition coefficient (Wildman–Crippen LogP) is 3.46. The fourth-order valence-corrected chi connectivity index (χ4v) is 3.53. The second kappa shape index (κ2) is 10.5. The molecule has 1 aliphatic heterocycles. The predicted molar refractivity (Wildman–Crippen MR) is 122 cm³/mol. The summed E-state index contributed by atoms with van der Waals surface area (Å²) < 4.78 is 10.6. The highest BCUT2D eigenvalue weighted by atomic mass is 16.5. The Hall–Kier alpha value is -4.07. The van der Waals surface area contributed by atoms with Crippen molar-refractivity contribution in [2.45, 2.75) is 19.4 Å². The van der Waals surface area contributed by atoms with Crippen molar-refractivity contribution in [3.63, 3.8) is 0 Å². The number of nitrogens with zero attached hydrogens (tertiary/aromatic N) is 1. The van der Waals surface area contributed by atoms with E-state index in [2.05, 4.69) is 10.6 Å². The number of hydrogen-bond donors (Lipinski definition) is 2. The van der Waals surface area contributed by atoms with Crippen LogP contribution in [0.4, 0.5) is 5.69 Å². The number of amides is 3. The van der Waals surface area contributed by atoms with Gasteiger partial charge in [-0.2, -0.15) is 0 Å². The Bertz CT molecular complexity index is 1100. The van der Waals surface area contributed by atoms with Gasteiger partial charge in [0.1, 0.15) is 5.75 Å². The smallest absolute Gasteiger partial charge is 0.291 e. The van der Waals surface area contributed by atoms with Crippen molar-refractivity contribution in [2.24, 2.45) is 0 Å². The first-order valence-corrected chi connectivity index (χ1v) is 10.8. The summed E-state index contributed by atoms with van der Waals surface area (Å²) in [5, 5.41) is 5.51. The second-order valence-corrected chi connectivity index (χ2v) is 7.72. The Balaban J connectivity index is 1.22. The summed E-state index contributed by atoms with van der Waals surface area (Å²) >= 11 is 0. The second-order valence-electron chi connectivity index (χ2n) is 7.72. The number of carbonyl (C=O) groups is 3. The van der Waals surface area contributed by atoms with Crippen molar-refractivity contribution in [1.29, 1.82) is 0 Å². The number of ether oxygens (including phenoxy) is 1. The van der Waals surface area contributed by atoms with Crippen LogP contribution in [0.5, 0.6) is 5.75 Å². The summed E-state index contributed by atoms with van der Waals surface area (Å²) in [6.07, 6.45) is 3.54. The van der Waals surface area contributed by atoms with E-state index in [1.165, 1.54) is 6.26 Å². The van der Waals surface area contributed by atoms with Crippen molar-refractivity contribution < 1.29 is 23.5 Å². The summed E-state index contributed by atoms with van der Waals surface area (Å²) in [6, 6.07) is 17.2. The van der Waals surface area contributed by atoms with Gasteiger partial charge in [0.2, 0.25) is 0 Å². The van der Waals surface area contributed by atoms with Gasteiger partial charge in [0.25, 0.3) is 17.7 Å². The maximum absolute atomic E-state index is 12.4. The van der Waals surface area contributed by atoms with Crippen LogP contribution in [-0.2, 0) is 11.3 Å². The Morgan fingerprint density at radius 1 is 0.970 bits per heavy atom. The fraction of sp³-hybridized carbons (Fsp3) is 0.240. The van der Waals surface area contributed by atoms with Gasteiger partial charge < -0.3 is 24.7 Å². The molecular weight excluding hydrogens is 422 g/mol. The summed E-state index contributed by atoms with van der Waals surface area (Å²) in [6.45, 7) is 1.80. The largest absolute Gasteiger partial charge is 0.484 e. The quantitative estimate of drug-likeness (QED) is 0.551. The molecule has 8 nitrogen and oxygen atoms in total. The molecule has 3 amide bonds. The highest BCUT2D eigenvalue weighted by Gasteiger charge is 2.19. The Morgan fingerprint density at radius 2 is 1.76 bits per heavy atom. The third-order valence-corrected chi connectivity index (χ3v) is 5.29. The van der Waals surface area contributed by atoms with Gasteiger partial charge in [-0.1, -0.05) is 18.2 Å². The lowest BCUT2D eigenvalue weighted by Gasteiger charge is -2.15. The summed E-state index contributed by atoms with van der Waals surface area (Å²) in [7, 11) is 0. The van der Waals surface area contributed by atoms with Crippen LogP contribution in [0.25, 0.3) is 0 Å². The average Bonchev–Trinajstić information content (AvgIpc) is 3.56. The van der Waals surface area contributed by atoms with Gasteiger partial charge in [0, 0.05) is 37.0 Å². The molecule has 1 fully saturated rings. The number of anilines is 1. The van der Waals surface area contributed by atoms with E-state index in [0.29, 0.717) is 23.5 Å². The average molecular weight is 447 g/mol. The van der Waals surface area contributed by atoms with Gasteiger partial charge >= 0.3 is 0 Å². The van der Waals surface area contributed by atoms with Gasteiger partial charge in [-0.3, -0.25) is 14.4 Å². The normalized spacial score (nSPS) is 12.9. The van der Waals surface area contributed by atoms with E-state index in [9.17, 15) is 14.4 Å². The van der Waals surface area contributed by atoms with Gasteiger partial charge in [0.05, 0.1) is 6.26 Å². The Morgan fingerprint density at radius 3 is 2.48 bits per heavy atom.